The van der Waals surface area contributed by atoms with E-state index < -0.39 is 0 Å². The van der Waals surface area contributed by atoms with Crippen molar-refractivity contribution in [3.05, 3.63) is 84.4 Å². The Morgan fingerprint density at radius 2 is 1.80 bits per heavy atom. The molecule has 2 amide bonds. The van der Waals surface area contributed by atoms with Crippen LogP contribution in [0, 0.1) is 0 Å². The lowest BCUT2D eigenvalue weighted by Gasteiger charge is -2.25. The van der Waals surface area contributed by atoms with Crippen LogP contribution in [0.2, 0.25) is 0 Å². The Kier molecular flexibility index (Phi) is 6.44. The number of nitrogens with one attached hydrogen (secondary N) is 1. The Labute approximate surface area is 181 Å². The number of carbonyl (C=O) groups excluding carboxylic acids is 1. The summed E-state index contributed by atoms with van der Waals surface area (Å²) >= 11 is 1.75. The number of hydrogen-bond donors (Lipinski definition) is 1. The normalized spacial score (nSPS) is 15.6. The summed E-state index contributed by atoms with van der Waals surface area (Å²) in [6, 6.07) is 25.0. The fourth-order valence-corrected chi connectivity index (χ4v) is 4.59. The third-order valence-corrected chi connectivity index (χ3v) is 5.96. The van der Waals surface area contributed by atoms with Crippen molar-refractivity contribution in [2.24, 2.45) is 0 Å². The van der Waals surface area contributed by atoms with Gasteiger partial charge in [-0.05, 0) is 48.9 Å². The van der Waals surface area contributed by atoms with Crippen molar-refractivity contribution < 1.29 is 14.3 Å². The first kappa shape index (κ1) is 20.2. The number of nitrogens with zero attached hydrogens (tertiary/aromatic N) is 1. The van der Waals surface area contributed by atoms with E-state index in [9.17, 15) is 4.79 Å². The molecule has 0 bridgehead atoms. The van der Waals surface area contributed by atoms with Gasteiger partial charge in [-0.2, -0.15) is 0 Å². The average Bonchev–Trinajstić information content (AvgIpc) is 3.26. The zero-order valence-corrected chi connectivity index (χ0v) is 17.6. The number of hydrogen-bond acceptors (Lipinski definition) is 4. The number of benzene rings is 3. The van der Waals surface area contributed by atoms with E-state index in [0.29, 0.717) is 24.6 Å². The van der Waals surface area contributed by atoms with Crippen molar-refractivity contribution in [2.45, 2.75) is 12.3 Å². The van der Waals surface area contributed by atoms with Gasteiger partial charge in [0.15, 0.2) is 0 Å². The van der Waals surface area contributed by atoms with E-state index in [-0.39, 0.29) is 11.4 Å². The van der Waals surface area contributed by atoms with Crippen LogP contribution in [0.25, 0.3) is 0 Å². The standard InChI is InChI=1S/C24H24N2O3S/c1-2-28-22-14-7-6-13-21(22)25-24(27)26-15-16-30-23(26)18-9-8-12-20(17-18)29-19-10-4-3-5-11-19/h3-14,17,23H,2,15-16H2,1H3,(H,25,27)/t23-/m1/s1. The molecular formula is C24H24N2O3S. The second-order valence-electron chi connectivity index (χ2n) is 6.76. The predicted molar refractivity (Wildman–Crippen MR) is 121 cm³/mol. The van der Waals surface area contributed by atoms with Gasteiger partial charge in [-0.1, -0.05) is 42.5 Å². The minimum atomic E-state index is -0.133. The predicted octanol–water partition coefficient (Wildman–Crippen LogP) is 6.16. The van der Waals surface area contributed by atoms with Crippen molar-refractivity contribution in [3.8, 4) is 17.2 Å². The molecule has 1 fully saturated rings. The third-order valence-electron chi connectivity index (χ3n) is 4.70. The molecule has 0 spiro atoms. The molecule has 154 valence electrons. The summed E-state index contributed by atoms with van der Waals surface area (Å²) in [5.74, 6) is 3.11. The molecule has 3 aromatic carbocycles. The highest BCUT2D eigenvalue weighted by atomic mass is 32.2. The van der Waals surface area contributed by atoms with Crippen LogP contribution in [-0.2, 0) is 0 Å². The molecule has 1 saturated heterocycles. The van der Waals surface area contributed by atoms with E-state index in [1.54, 1.807) is 11.8 Å². The highest BCUT2D eigenvalue weighted by Gasteiger charge is 2.31. The van der Waals surface area contributed by atoms with Gasteiger partial charge in [0.2, 0.25) is 0 Å². The lowest BCUT2D eigenvalue weighted by Crippen LogP contribution is -2.34. The van der Waals surface area contributed by atoms with Crippen molar-refractivity contribution >= 4 is 23.5 Å². The molecule has 1 heterocycles. The van der Waals surface area contributed by atoms with Gasteiger partial charge >= 0.3 is 6.03 Å². The van der Waals surface area contributed by atoms with Gasteiger partial charge in [0.25, 0.3) is 0 Å². The number of para-hydroxylation sites is 3. The Hall–Kier alpha value is -3.12. The maximum Gasteiger partial charge on any atom is 0.323 e. The number of carbonyl (C=O) groups is 1. The quantitative estimate of drug-likeness (QED) is 0.519. The Morgan fingerprint density at radius 3 is 2.63 bits per heavy atom. The van der Waals surface area contributed by atoms with E-state index in [0.717, 1.165) is 22.8 Å². The van der Waals surface area contributed by atoms with Crippen molar-refractivity contribution in [1.82, 2.24) is 4.90 Å². The smallest absolute Gasteiger partial charge is 0.323 e. The molecule has 1 aliphatic rings. The summed E-state index contributed by atoms with van der Waals surface area (Å²) in [7, 11) is 0. The lowest BCUT2D eigenvalue weighted by molar-refractivity contribution is 0.214. The molecule has 0 saturated carbocycles. The van der Waals surface area contributed by atoms with Crippen molar-refractivity contribution in [1.29, 1.82) is 0 Å². The molecule has 6 heteroatoms. The van der Waals surface area contributed by atoms with E-state index in [1.807, 2.05) is 90.7 Å². The minimum Gasteiger partial charge on any atom is -0.492 e. The molecule has 3 aromatic rings. The summed E-state index contributed by atoms with van der Waals surface area (Å²) in [6.45, 7) is 3.15. The number of ether oxygens (including phenoxy) is 2. The minimum absolute atomic E-state index is 0.0661. The largest absolute Gasteiger partial charge is 0.492 e. The summed E-state index contributed by atoms with van der Waals surface area (Å²) in [4.78, 5) is 14.9. The molecular weight excluding hydrogens is 396 g/mol. The Morgan fingerprint density at radius 1 is 1.03 bits per heavy atom. The molecule has 0 aromatic heterocycles. The highest BCUT2D eigenvalue weighted by Crippen LogP contribution is 2.40. The second-order valence-corrected chi connectivity index (χ2v) is 7.95. The van der Waals surface area contributed by atoms with Gasteiger partial charge in [0.1, 0.15) is 22.6 Å². The summed E-state index contributed by atoms with van der Waals surface area (Å²) in [6.07, 6.45) is 0. The van der Waals surface area contributed by atoms with Gasteiger partial charge in [0.05, 0.1) is 12.3 Å². The third kappa shape index (κ3) is 4.71. The van der Waals surface area contributed by atoms with Crippen LogP contribution in [0.1, 0.15) is 17.9 Å². The maximum atomic E-state index is 13.0. The summed E-state index contributed by atoms with van der Waals surface area (Å²) in [5.41, 5.74) is 1.72. The number of thioether (sulfide) groups is 1. The first-order valence-electron chi connectivity index (χ1n) is 9.98. The molecule has 5 nitrogen and oxygen atoms in total. The topological polar surface area (TPSA) is 50.8 Å². The van der Waals surface area contributed by atoms with Crippen molar-refractivity contribution in [2.75, 3.05) is 24.2 Å². The van der Waals surface area contributed by atoms with Crippen molar-refractivity contribution in [3.63, 3.8) is 0 Å². The van der Waals surface area contributed by atoms with Gasteiger partial charge in [0, 0.05) is 12.3 Å². The molecule has 0 aliphatic carbocycles. The van der Waals surface area contributed by atoms with Crippen LogP contribution in [0.5, 0.6) is 17.2 Å². The number of rotatable bonds is 6. The van der Waals surface area contributed by atoms with Gasteiger partial charge in [-0.15, -0.1) is 11.8 Å². The van der Waals surface area contributed by atoms with Gasteiger partial charge < -0.3 is 19.7 Å². The monoisotopic (exact) mass is 420 g/mol. The molecule has 1 aliphatic heterocycles. The van der Waals surface area contributed by atoms with Gasteiger partial charge in [-0.3, -0.25) is 0 Å². The molecule has 1 atom stereocenters. The van der Waals surface area contributed by atoms with Crippen LogP contribution in [0.15, 0.2) is 78.9 Å². The molecule has 0 unspecified atom stereocenters. The number of anilines is 1. The van der Waals surface area contributed by atoms with E-state index in [2.05, 4.69) is 5.32 Å². The van der Waals surface area contributed by atoms with Crippen LogP contribution in [0.4, 0.5) is 10.5 Å². The zero-order chi connectivity index (χ0) is 20.8. The highest BCUT2D eigenvalue weighted by molar-refractivity contribution is 7.99. The first-order chi connectivity index (χ1) is 14.7. The van der Waals surface area contributed by atoms with E-state index >= 15 is 0 Å². The fraction of sp³-hybridized carbons (Fsp3) is 0.208. The van der Waals surface area contributed by atoms with E-state index in [1.165, 1.54) is 0 Å². The summed E-state index contributed by atoms with van der Waals surface area (Å²) in [5, 5.41) is 2.94. The Balaban J connectivity index is 1.50. The van der Waals surface area contributed by atoms with Crippen LogP contribution < -0.4 is 14.8 Å². The molecule has 30 heavy (non-hydrogen) atoms. The Bertz CT molecular complexity index is 997. The summed E-state index contributed by atoms with van der Waals surface area (Å²) < 4.78 is 11.6. The molecule has 1 N–H and O–H groups in total. The zero-order valence-electron chi connectivity index (χ0n) is 16.8. The molecule has 0 radical (unpaired) electrons. The average molecular weight is 421 g/mol. The SMILES string of the molecule is CCOc1ccccc1NC(=O)N1CCS[C@@H]1c1cccc(Oc2ccccc2)c1. The van der Waals surface area contributed by atoms with Crippen LogP contribution >= 0.6 is 11.8 Å². The number of amides is 2. The lowest BCUT2D eigenvalue weighted by atomic mass is 10.2. The van der Waals surface area contributed by atoms with Crippen LogP contribution in [0.3, 0.4) is 0 Å². The van der Waals surface area contributed by atoms with Crippen LogP contribution in [-0.4, -0.2) is 29.8 Å². The van der Waals surface area contributed by atoms with Gasteiger partial charge in [-0.25, -0.2) is 4.79 Å². The second kappa shape index (κ2) is 9.59. The fourth-order valence-electron chi connectivity index (χ4n) is 3.35. The maximum absolute atomic E-state index is 13.0. The first-order valence-corrected chi connectivity index (χ1v) is 11.0. The number of urea groups is 1. The molecule has 4 rings (SSSR count). The van der Waals surface area contributed by atoms with E-state index in [4.69, 9.17) is 9.47 Å².